The molecule has 21 heavy (non-hydrogen) atoms. The number of hydrogen-bond acceptors (Lipinski definition) is 2. The SMILES string of the molecule is CCc1ccccc1NC(=O)CCNc1ccc(Cl)cc1. The molecule has 3 nitrogen and oxygen atoms in total. The molecule has 2 N–H and O–H groups in total. The molecule has 0 heterocycles. The fourth-order valence-corrected chi connectivity index (χ4v) is 2.18. The number of anilines is 2. The fraction of sp³-hybridized carbons (Fsp3) is 0.235. The predicted octanol–water partition coefficient (Wildman–Crippen LogP) is 4.34. The number of carbonyl (C=O) groups is 1. The summed E-state index contributed by atoms with van der Waals surface area (Å²) in [4.78, 5) is 12.0. The molecule has 2 rings (SSSR count). The van der Waals surface area contributed by atoms with Gasteiger partial charge in [0.05, 0.1) is 0 Å². The van der Waals surface area contributed by atoms with Gasteiger partial charge in [-0.3, -0.25) is 4.79 Å². The monoisotopic (exact) mass is 302 g/mol. The molecule has 0 saturated heterocycles. The molecular weight excluding hydrogens is 284 g/mol. The highest BCUT2D eigenvalue weighted by Crippen LogP contribution is 2.16. The summed E-state index contributed by atoms with van der Waals surface area (Å²) in [7, 11) is 0. The van der Waals surface area contributed by atoms with Gasteiger partial charge in [0.1, 0.15) is 0 Å². The van der Waals surface area contributed by atoms with Crippen LogP contribution in [0.1, 0.15) is 18.9 Å². The molecule has 0 aliphatic rings. The zero-order chi connectivity index (χ0) is 15.1. The Morgan fingerprint density at radius 1 is 1.10 bits per heavy atom. The normalized spacial score (nSPS) is 10.2. The van der Waals surface area contributed by atoms with E-state index in [-0.39, 0.29) is 5.91 Å². The average Bonchev–Trinajstić information content (AvgIpc) is 2.50. The molecule has 1 amide bonds. The predicted molar refractivity (Wildman–Crippen MR) is 89.0 cm³/mol. The van der Waals surface area contributed by atoms with Gasteiger partial charge in [-0.1, -0.05) is 36.7 Å². The van der Waals surface area contributed by atoms with Crippen LogP contribution in [0.3, 0.4) is 0 Å². The first-order valence-corrected chi connectivity index (χ1v) is 7.44. The van der Waals surface area contributed by atoms with Gasteiger partial charge < -0.3 is 10.6 Å². The molecule has 0 aliphatic heterocycles. The van der Waals surface area contributed by atoms with Crippen molar-refractivity contribution in [2.75, 3.05) is 17.2 Å². The number of rotatable bonds is 6. The smallest absolute Gasteiger partial charge is 0.226 e. The van der Waals surface area contributed by atoms with E-state index in [1.54, 1.807) is 0 Å². The summed E-state index contributed by atoms with van der Waals surface area (Å²) in [6.07, 6.45) is 1.32. The first-order valence-electron chi connectivity index (χ1n) is 7.06. The van der Waals surface area contributed by atoms with Crippen molar-refractivity contribution in [2.45, 2.75) is 19.8 Å². The number of para-hydroxylation sites is 1. The lowest BCUT2D eigenvalue weighted by Gasteiger charge is -2.10. The van der Waals surface area contributed by atoms with Crippen LogP contribution in [0.5, 0.6) is 0 Å². The van der Waals surface area contributed by atoms with Crippen LogP contribution in [0.25, 0.3) is 0 Å². The van der Waals surface area contributed by atoms with Crippen LogP contribution in [0, 0.1) is 0 Å². The van der Waals surface area contributed by atoms with Gasteiger partial charge in [0.25, 0.3) is 0 Å². The van der Waals surface area contributed by atoms with Crippen molar-refractivity contribution in [2.24, 2.45) is 0 Å². The van der Waals surface area contributed by atoms with E-state index in [9.17, 15) is 4.79 Å². The van der Waals surface area contributed by atoms with Crippen LogP contribution in [0.2, 0.25) is 5.02 Å². The van der Waals surface area contributed by atoms with Gasteiger partial charge >= 0.3 is 0 Å². The molecule has 0 aliphatic carbocycles. The summed E-state index contributed by atoms with van der Waals surface area (Å²) in [5.41, 5.74) is 3.01. The molecule has 2 aromatic carbocycles. The van der Waals surface area contributed by atoms with Crippen molar-refractivity contribution in [3.05, 3.63) is 59.1 Å². The molecule has 0 unspecified atom stereocenters. The number of hydrogen-bond donors (Lipinski definition) is 2. The van der Waals surface area contributed by atoms with Crippen LogP contribution in [-0.2, 0) is 11.2 Å². The summed E-state index contributed by atoms with van der Waals surface area (Å²) < 4.78 is 0. The Morgan fingerprint density at radius 2 is 1.81 bits per heavy atom. The van der Waals surface area contributed by atoms with E-state index in [1.807, 2.05) is 48.5 Å². The maximum Gasteiger partial charge on any atom is 0.226 e. The standard InChI is InChI=1S/C17H19ClN2O/c1-2-13-5-3-4-6-16(13)20-17(21)11-12-19-15-9-7-14(18)8-10-15/h3-10,19H,2,11-12H2,1H3,(H,20,21). The third-order valence-corrected chi connectivity index (χ3v) is 3.45. The van der Waals surface area contributed by atoms with Gasteiger partial charge in [0, 0.05) is 29.4 Å². The summed E-state index contributed by atoms with van der Waals surface area (Å²) in [6.45, 7) is 2.66. The number of nitrogens with one attached hydrogen (secondary N) is 2. The van der Waals surface area contributed by atoms with E-state index in [4.69, 9.17) is 11.6 Å². The maximum atomic E-state index is 12.0. The number of carbonyl (C=O) groups excluding carboxylic acids is 1. The molecule has 110 valence electrons. The number of halogens is 1. The molecule has 0 atom stereocenters. The quantitative estimate of drug-likeness (QED) is 0.833. The van der Waals surface area contributed by atoms with E-state index >= 15 is 0 Å². The van der Waals surface area contributed by atoms with Gasteiger partial charge in [-0.2, -0.15) is 0 Å². The van der Waals surface area contributed by atoms with E-state index in [0.717, 1.165) is 23.4 Å². The molecule has 0 aromatic heterocycles. The number of amides is 1. The number of aryl methyl sites for hydroxylation is 1. The van der Waals surface area contributed by atoms with Crippen molar-refractivity contribution < 1.29 is 4.79 Å². The Bertz CT molecular complexity index is 596. The largest absolute Gasteiger partial charge is 0.385 e. The third-order valence-electron chi connectivity index (χ3n) is 3.20. The maximum absolute atomic E-state index is 12.0. The van der Waals surface area contributed by atoms with Crippen molar-refractivity contribution in [3.8, 4) is 0 Å². The summed E-state index contributed by atoms with van der Waals surface area (Å²) >= 11 is 5.82. The minimum Gasteiger partial charge on any atom is -0.385 e. The molecule has 0 saturated carbocycles. The van der Waals surface area contributed by atoms with Crippen LogP contribution in [-0.4, -0.2) is 12.5 Å². The van der Waals surface area contributed by atoms with Crippen molar-refractivity contribution >= 4 is 28.9 Å². The molecule has 0 fully saturated rings. The lowest BCUT2D eigenvalue weighted by Crippen LogP contribution is -2.17. The lowest BCUT2D eigenvalue weighted by atomic mass is 10.1. The molecule has 2 aromatic rings. The highest BCUT2D eigenvalue weighted by molar-refractivity contribution is 6.30. The molecule has 0 bridgehead atoms. The summed E-state index contributed by atoms with van der Waals surface area (Å²) in [6, 6.07) is 15.3. The average molecular weight is 303 g/mol. The Labute approximate surface area is 130 Å². The van der Waals surface area contributed by atoms with Crippen molar-refractivity contribution in [1.29, 1.82) is 0 Å². The zero-order valence-electron chi connectivity index (χ0n) is 12.0. The third kappa shape index (κ3) is 4.80. The van der Waals surface area contributed by atoms with Crippen molar-refractivity contribution in [1.82, 2.24) is 0 Å². The van der Waals surface area contributed by atoms with Crippen LogP contribution < -0.4 is 10.6 Å². The summed E-state index contributed by atoms with van der Waals surface area (Å²) in [5, 5.41) is 6.86. The van der Waals surface area contributed by atoms with Crippen LogP contribution in [0.4, 0.5) is 11.4 Å². The molecule has 0 spiro atoms. The first-order chi connectivity index (χ1) is 10.2. The number of benzene rings is 2. The van der Waals surface area contributed by atoms with Gasteiger partial charge in [-0.25, -0.2) is 0 Å². The zero-order valence-corrected chi connectivity index (χ0v) is 12.8. The second kappa shape index (κ2) is 7.70. The Morgan fingerprint density at radius 3 is 2.52 bits per heavy atom. The fourth-order valence-electron chi connectivity index (χ4n) is 2.05. The van der Waals surface area contributed by atoms with E-state index in [2.05, 4.69) is 17.6 Å². The minimum absolute atomic E-state index is 0.0114. The van der Waals surface area contributed by atoms with Gasteiger partial charge in [0.2, 0.25) is 5.91 Å². The Balaban J connectivity index is 1.81. The van der Waals surface area contributed by atoms with Crippen LogP contribution in [0.15, 0.2) is 48.5 Å². The van der Waals surface area contributed by atoms with Crippen LogP contribution >= 0.6 is 11.6 Å². The molecule has 4 heteroatoms. The second-order valence-corrected chi connectivity index (χ2v) is 5.18. The highest BCUT2D eigenvalue weighted by Gasteiger charge is 2.05. The molecular formula is C17H19ClN2O. The van der Waals surface area contributed by atoms with Gasteiger partial charge in [0.15, 0.2) is 0 Å². The highest BCUT2D eigenvalue weighted by atomic mass is 35.5. The topological polar surface area (TPSA) is 41.1 Å². The second-order valence-electron chi connectivity index (χ2n) is 4.74. The lowest BCUT2D eigenvalue weighted by molar-refractivity contribution is -0.115. The Kier molecular flexibility index (Phi) is 5.64. The van der Waals surface area contributed by atoms with E-state index in [0.29, 0.717) is 18.0 Å². The summed E-state index contributed by atoms with van der Waals surface area (Å²) in [5.74, 6) is 0.0114. The minimum atomic E-state index is 0.0114. The van der Waals surface area contributed by atoms with Gasteiger partial charge in [-0.05, 0) is 42.3 Å². The van der Waals surface area contributed by atoms with E-state index in [1.165, 1.54) is 0 Å². The first kappa shape index (κ1) is 15.4. The molecule has 0 radical (unpaired) electrons. The van der Waals surface area contributed by atoms with Gasteiger partial charge in [-0.15, -0.1) is 0 Å². The van der Waals surface area contributed by atoms with E-state index < -0.39 is 0 Å². The van der Waals surface area contributed by atoms with Crippen molar-refractivity contribution in [3.63, 3.8) is 0 Å². The Hall–Kier alpha value is -2.00.